The van der Waals surface area contributed by atoms with Crippen LogP contribution in [0.15, 0.2) is 0 Å². The molecule has 3 nitrogen and oxygen atoms in total. The van der Waals surface area contributed by atoms with E-state index in [4.69, 9.17) is 5.11 Å². The molecule has 0 aromatic heterocycles. The summed E-state index contributed by atoms with van der Waals surface area (Å²) in [5, 5.41) is 9.13. The number of hydrogen-bond donors (Lipinski definition) is 1. The molecule has 14 heavy (non-hydrogen) atoms. The van der Waals surface area contributed by atoms with Gasteiger partial charge in [0.1, 0.15) is 6.04 Å². The number of carboxylic acids is 1. The van der Waals surface area contributed by atoms with Crippen molar-refractivity contribution < 1.29 is 9.90 Å². The van der Waals surface area contributed by atoms with Crippen LogP contribution < -0.4 is 0 Å². The fraction of sp³-hybridized carbons (Fsp3) is 0.909. The molecular weight excluding hydrogens is 178 g/mol. The summed E-state index contributed by atoms with van der Waals surface area (Å²) in [6, 6.07) is 0.164. The summed E-state index contributed by atoms with van der Waals surface area (Å²) in [5.41, 5.74) is 0. The monoisotopic (exact) mass is 199 g/mol. The zero-order chi connectivity index (χ0) is 10.7. The summed E-state index contributed by atoms with van der Waals surface area (Å²) in [6.07, 6.45) is 4.82. The molecule has 0 radical (unpaired) electrons. The highest BCUT2D eigenvalue weighted by atomic mass is 16.4. The molecule has 1 saturated carbocycles. The van der Waals surface area contributed by atoms with E-state index in [1.54, 1.807) is 0 Å². The normalized spacial score (nSPS) is 20.6. The molecule has 0 spiro atoms. The van der Waals surface area contributed by atoms with Gasteiger partial charge in [0.2, 0.25) is 0 Å². The molecule has 0 aromatic carbocycles. The minimum Gasteiger partial charge on any atom is -0.480 e. The first-order chi connectivity index (χ1) is 6.54. The summed E-state index contributed by atoms with van der Waals surface area (Å²) < 4.78 is 0. The average Bonchev–Trinajstić information content (AvgIpc) is 2.53. The van der Waals surface area contributed by atoms with E-state index < -0.39 is 5.97 Å². The first kappa shape index (κ1) is 11.5. The Bertz CT molecular complexity index is 197. The Kier molecular flexibility index (Phi) is 3.93. The largest absolute Gasteiger partial charge is 0.480 e. The van der Waals surface area contributed by atoms with Gasteiger partial charge in [0.05, 0.1) is 0 Å². The van der Waals surface area contributed by atoms with Crippen molar-refractivity contribution in [3.8, 4) is 0 Å². The lowest BCUT2D eigenvalue weighted by molar-refractivity contribution is -0.145. The number of rotatable bonds is 4. The van der Waals surface area contributed by atoms with Crippen molar-refractivity contribution in [1.82, 2.24) is 4.90 Å². The van der Waals surface area contributed by atoms with Gasteiger partial charge in [-0.2, -0.15) is 0 Å². The van der Waals surface area contributed by atoms with Crippen molar-refractivity contribution in [1.29, 1.82) is 0 Å². The maximum Gasteiger partial charge on any atom is 0.321 e. The highest BCUT2D eigenvalue weighted by molar-refractivity contribution is 5.73. The second kappa shape index (κ2) is 4.78. The Morgan fingerprint density at radius 2 is 1.86 bits per heavy atom. The van der Waals surface area contributed by atoms with Crippen molar-refractivity contribution in [3.63, 3.8) is 0 Å². The molecule has 0 aromatic rings. The lowest BCUT2D eigenvalue weighted by Gasteiger charge is -2.32. The highest BCUT2D eigenvalue weighted by Gasteiger charge is 2.31. The lowest BCUT2D eigenvalue weighted by atomic mass is 10.0. The van der Waals surface area contributed by atoms with Crippen molar-refractivity contribution in [2.24, 2.45) is 5.92 Å². The molecule has 1 aliphatic carbocycles. The fourth-order valence-corrected chi connectivity index (χ4v) is 2.47. The second-order valence-electron chi connectivity index (χ2n) is 4.63. The molecule has 0 aliphatic heterocycles. The molecule has 82 valence electrons. The first-order valence-corrected chi connectivity index (χ1v) is 5.48. The van der Waals surface area contributed by atoms with E-state index in [1.807, 2.05) is 20.9 Å². The third kappa shape index (κ3) is 2.47. The van der Waals surface area contributed by atoms with Crippen LogP contribution in [0.2, 0.25) is 0 Å². The number of aliphatic carboxylic acids is 1. The number of carboxylic acid groups (broad SMARTS) is 1. The van der Waals surface area contributed by atoms with E-state index in [1.165, 1.54) is 12.8 Å². The topological polar surface area (TPSA) is 40.5 Å². The molecule has 1 N–H and O–H groups in total. The molecule has 0 heterocycles. The van der Waals surface area contributed by atoms with E-state index in [-0.39, 0.29) is 12.0 Å². The standard InChI is InChI=1S/C11H21NO2/c1-8(2)10(11(13)14)12(3)9-6-4-5-7-9/h8-10H,4-7H2,1-3H3,(H,13,14). The number of nitrogens with zero attached hydrogens (tertiary/aromatic N) is 1. The quantitative estimate of drug-likeness (QED) is 0.752. The average molecular weight is 199 g/mol. The third-order valence-corrected chi connectivity index (χ3v) is 3.22. The Hall–Kier alpha value is -0.570. The van der Waals surface area contributed by atoms with Crippen LogP contribution in [0.4, 0.5) is 0 Å². The molecular formula is C11H21NO2. The molecule has 1 fully saturated rings. The van der Waals surface area contributed by atoms with Gasteiger partial charge in [-0.3, -0.25) is 9.69 Å². The Morgan fingerprint density at radius 3 is 2.21 bits per heavy atom. The molecule has 0 amide bonds. The molecule has 0 bridgehead atoms. The van der Waals surface area contributed by atoms with Crippen LogP contribution >= 0.6 is 0 Å². The Labute approximate surface area is 86.1 Å². The summed E-state index contributed by atoms with van der Waals surface area (Å²) in [6.45, 7) is 3.95. The van der Waals surface area contributed by atoms with Gasteiger partial charge in [-0.15, -0.1) is 0 Å². The minimum absolute atomic E-state index is 0.179. The fourth-order valence-electron chi connectivity index (χ4n) is 2.47. The SMILES string of the molecule is CC(C)C(C(=O)O)N(C)C1CCCC1. The van der Waals surface area contributed by atoms with Crippen molar-refractivity contribution in [2.45, 2.75) is 51.6 Å². The Balaban J connectivity index is 2.62. The highest BCUT2D eigenvalue weighted by Crippen LogP contribution is 2.25. The molecule has 0 saturated heterocycles. The van der Waals surface area contributed by atoms with E-state index in [0.29, 0.717) is 6.04 Å². The van der Waals surface area contributed by atoms with Gasteiger partial charge in [-0.05, 0) is 25.8 Å². The predicted molar refractivity (Wildman–Crippen MR) is 56.3 cm³/mol. The summed E-state index contributed by atoms with van der Waals surface area (Å²) in [5.74, 6) is -0.507. The lowest BCUT2D eigenvalue weighted by Crippen LogP contribution is -2.46. The zero-order valence-corrected chi connectivity index (χ0v) is 9.36. The second-order valence-corrected chi connectivity index (χ2v) is 4.63. The van der Waals surface area contributed by atoms with Gasteiger partial charge in [0.25, 0.3) is 0 Å². The molecule has 1 unspecified atom stereocenters. The van der Waals surface area contributed by atoms with E-state index >= 15 is 0 Å². The van der Waals surface area contributed by atoms with E-state index in [2.05, 4.69) is 4.90 Å². The van der Waals surface area contributed by atoms with Gasteiger partial charge in [0.15, 0.2) is 0 Å². The van der Waals surface area contributed by atoms with Gasteiger partial charge in [-0.25, -0.2) is 0 Å². The summed E-state index contributed by atoms with van der Waals surface area (Å²) in [7, 11) is 1.95. The van der Waals surface area contributed by atoms with Gasteiger partial charge >= 0.3 is 5.97 Å². The first-order valence-electron chi connectivity index (χ1n) is 5.48. The molecule has 1 atom stereocenters. The van der Waals surface area contributed by atoms with E-state index in [9.17, 15) is 4.79 Å². The smallest absolute Gasteiger partial charge is 0.321 e. The zero-order valence-electron chi connectivity index (χ0n) is 9.36. The Morgan fingerprint density at radius 1 is 1.36 bits per heavy atom. The van der Waals surface area contributed by atoms with Crippen LogP contribution in [-0.4, -0.2) is 35.1 Å². The van der Waals surface area contributed by atoms with E-state index in [0.717, 1.165) is 12.8 Å². The molecule has 1 rings (SSSR count). The van der Waals surface area contributed by atoms with Gasteiger partial charge in [0, 0.05) is 6.04 Å². The van der Waals surface area contributed by atoms with Crippen LogP contribution in [0.25, 0.3) is 0 Å². The molecule has 3 heteroatoms. The maximum absolute atomic E-state index is 11.1. The van der Waals surface area contributed by atoms with Crippen LogP contribution in [0.1, 0.15) is 39.5 Å². The van der Waals surface area contributed by atoms with Gasteiger partial charge in [-0.1, -0.05) is 26.7 Å². The number of hydrogen-bond acceptors (Lipinski definition) is 2. The third-order valence-electron chi connectivity index (χ3n) is 3.22. The van der Waals surface area contributed by atoms with Gasteiger partial charge < -0.3 is 5.11 Å². The number of likely N-dealkylation sites (N-methyl/N-ethyl adjacent to an activating group) is 1. The van der Waals surface area contributed by atoms with Crippen LogP contribution in [0, 0.1) is 5.92 Å². The summed E-state index contributed by atoms with van der Waals surface area (Å²) >= 11 is 0. The van der Waals surface area contributed by atoms with Crippen LogP contribution in [0.3, 0.4) is 0 Å². The van der Waals surface area contributed by atoms with Crippen LogP contribution in [0.5, 0.6) is 0 Å². The van der Waals surface area contributed by atoms with Crippen molar-refractivity contribution in [2.75, 3.05) is 7.05 Å². The molecule has 1 aliphatic rings. The van der Waals surface area contributed by atoms with Crippen molar-refractivity contribution >= 4 is 5.97 Å². The van der Waals surface area contributed by atoms with Crippen LogP contribution in [-0.2, 0) is 4.79 Å². The summed E-state index contributed by atoms with van der Waals surface area (Å²) in [4.78, 5) is 13.2. The predicted octanol–water partition coefficient (Wildman–Crippen LogP) is 1.97. The maximum atomic E-state index is 11.1. The number of carbonyl (C=O) groups is 1. The van der Waals surface area contributed by atoms with Crippen molar-refractivity contribution in [3.05, 3.63) is 0 Å². The minimum atomic E-state index is -0.686.